The van der Waals surface area contributed by atoms with Crippen molar-refractivity contribution in [2.24, 2.45) is 0 Å². The Balaban J connectivity index is 1.90. The van der Waals surface area contributed by atoms with Crippen LogP contribution < -0.4 is 0 Å². The molecule has 1 fully saturated rings. The van der Waals surface area contributed by atoms with E-state index < -0.39 is 0 Å². The molecule has 0 bridgehead atoms. The quantitative estimate of drug-likeness (QED) is 0.561. The van der Waals surface area contributed by atoms with Gasteiger partial charge in [0, 0.05) is 0 Å². The van der Waals surface area contributed by atoms with E-state index in [2.05, 4.69) is 73.5 Å². The van der Waals surface area contributed by atoms with Crippen LogP contribution >= 0.6 is 0 Å². The van der Waals surface area contributed by atoms with Crippen molar-refractivity contribution in [2.45, 2.75) is 44.6 Å². The molecule has 1 nitrogen and oxygen atoms in total. The Kier molecular flexibility index (Phi) is 4.05. The number of benzene rings is 2. The predicted octanol–water partition coefficient (Wildman–Crippen LogP) is 5.54. The molecular weight excluding hydrogens is 290 g/mol. The minimum absolute atomic E-state index is 0.0542. The van der Waals surface area contributed by atoms with Crippen LogP contribution in [0.2, 0.25) is 0 Å². The molecule has 1 aliphatic heterocycles. The van der Waals surface area contributed by atoms with Crippen molar-refractivity contribution in [3.8, 4) is 11.1 Å². The van der Waals surface area contributed by atoms with Gasteiger partial charge in [-0.05, 0) is 67.6 Å². The first kappa shape index (κ1) is 15.7. The van der Waals surface area contributed by atoms with E-state index in [0.717, 1.165) is 6.42 Å². The summed E-state index contributed by atoms with van der Waals surface area (Å²) in [6.45, 7) is 3.35. The van der Waals surface area contributed by atoms with E-state index in [1.807, 2.05) is 0 Å². The molecule has 0 N–H and O–H groups in total. The van der Waals surface area contributed by atoms with Gasteiger partial charge in [0.15, 0.2) is 0 Å². The normalized spacial score (nSPS) is 23.9. The Hall–Kier alpha value is -1.86. The molecule has 1 heterocycles. The molecule has 1 aliphatic carbocycles. The molecule has 4 rings (SSSR count). The van der Waals surface area contributed by atoms with Crippen molar-refractivity contribution in [1.82, 2.24) is 4.90 Å². The first-order chi connectivity index (χ1) is 11.8. The topological polar surface area (TPSA) is 3.24 Å². The van der Waals surface area contributed by atoms with Crippen LogP contribution in [0.5, 0.6) is 0 Å². The molecule has 0 saturated carbocycles. The van der Waals surface area contributed by atoms with Crippen LogP contribution in [0.15, 0.2) is 54.6 Å². The molecule has 0 radical (unpaired) electrons. The van der Waals surface area contributed by atoms with Gasteiger partial charge in [0.2, 0.25) is 0 Å². The number of likely N-dealkylation sites (N-methyl/N-ethyl adjacent to an activating group) is 1. The molecule has 1 saturated heterocycles. The van der Waals surface area contributed by atoms with Gasteiger partial charge in [-0.1, -0.05) is 67.5 Å². The first-order valence-electron chi connectivity index (χ1n) is 9.32. The second-order valence-corrected chi connectivity index (χ2v) is 7.32. The van der Waals surface area contributed by atoms with Crippen molar-refractivity contribution >= 4 is 0 Å². The fourth-order valence-electron chi connectivity index (χ4n) is 4.79. The lowest BCUT2D eigenvalue weighted by atomic mass is 9.80. The monoisotopic (exact) mass is 317 g/mol. The number of hydrogen-bond donors (Lipinski definition) is 0. The Morgan fingerprint density at radius 2 is 1.79 bits per heavy atom. The summed E-state index contributed by atoms with van der Waals surface area (Å²) in [5.74, 6) is 0. The molecule has 1 atom stereocenters. The van der Waals surface area contributed by atoms with Crippen LogP contribution in [-0.2, 0) is 12.0 Å². The molecule has 1 heteroatoms. The first-order valence-corrected chi connectivity index (χ1v) is 9.32. The second-order valence-electron chi connectivity index (χ2n) is 7.32. The van der Waals surface area contributed by atoms with Crippen molar-refractivity contribution in [1.29, 1.82) is 0 Å². The van der Waals surface area contributed by atoms with E-state index in [1.165, 1.54) is 54.5 Å². The summed E-state index contributed by atoms with van der Waals surface area (Å²) in [6.07, 6.45) is 11.0. The minimum atomic E-state index is 0.0542. The van der Waals surface area contributed by atoms with Crippen molar-refractivity contribution < 1.29 is 0 Å². The third kappa shape index (κ3) is 2.34. The van der Waals surface area contributed by atoms with Crippen LogP contribution in [0.1, 0.15) is 49.3 Å². The SMILES string of the molecule is CC=CC1(c2cccc3c2Cc2ccccc2-3)CCCCCN1C. The number of fused-ring (bicyclic) bond motifs is 3. The van der Waals surface area contributed by atoms with Gasteiger partial charge in [0.05, 0.1) is 5.54 Å². The van der Waals surface area contributed by atoms with Crippen molar-refractivity contribution in [3.05, 3.63) is 71.3 Å². The summed E-state index contributed by atoms with van der Waals surface area (Å²) in [6, 6.07) is 15.9. The second kappa shape index (κ2) is 6.22. The minimum Gasteiger partial charge on any atom is -0.293 e. The fourth-order valence-corrected chi connectivity index (χ4v) is 4.79. The lowest BCUT2D eigenvalue weighted by Gasteiger charge is -2.40. The van der Waals surface area contributed by atoms with Gasteiger partial charge in [-0.2, -0.15) is 0 Å². The highest BCUT2D eigenvalue weighted by Crippen LogP contribution is 2.45. The zero-order valence-electron chi connectivity index (χ0n) is 14.9. The van der Waals surface area contributed by atoms with E-state index in [9.17, 15) is 0 Å². The maximum absolute atomic E-state index is 2.60. The highest BCUT2D eigenvalue weighted by Gasteiger charge is 2.38. The lowest BCUT2D eigenvalue weighted by molar-refractivity contribution is 0.169. The predicted molar refractivity (Wildman–Crippen MR) is 102 cm³/mol. The summed E-state index contributed by atoms with van der Waals surface area (Å²) in [4.78, 5) is 2.60. The molecule has 2 aromatic rings. The molecule has 24 heavy (non-hydrogen) atoms. The third-order valence-corrected chi connectivity index (χ3v) is 5.99. The Morgan fingerprint density at radius 3 is 2.67 bits per heavy atom. The van der Waals surface area contributed by atoms with Gasteiger partial charge >= 0.3 is 0 Å². The molecule has 0 aromatic heterocycles. The highest BCUT2D eigenvalue weighted by atomic mass is 15.2. The molecule has 2 aliphatic rings. The largest absolute Gasteiger partial charge is 0.293 e. The standard InChI is InChI=1S/C23H27N/c1-3-14-23(15-7-4-8-16-24(23)2)22-13-9-12-20-19-11-6-5-10-18(19)17-21(20)22/h3,5-6,9-14H,4,7-8,15-17H2,1-2H3. The van der Waals surface area contributed by atoms with Gasteiger partial charge in [0.1, 0.15) is 0 Å². The van der Waals surface area contributed by atoms with Crippen molar-refractivity contribution in [2.75, 3.05) is 13.6 Å². The molecule has 2 aromatic carbocycles. The van der Waals surface area contributed by atoms with E-state index >= 15 is 0 Å². The Bertz CT molecular complexity index is 773. The van der Waals surface area contributed by atoms with Crippen LogP contribution in [0.3, 0.4) is 0 Å². The summed E-state index contributed by atoms with van der Waals surface area (Å²) in [7, 11) is 2.31. The number of hydrogen-bond acceptors (Lipinski definition) is 1. The fraction of sp³-hybridized carbons (Fsp3) is 0.391. The number of rotatable bonds is 2. The average molecular weight is 317 g/mol. The zero-order chi connectivity index (χ0) is 16.6. The maximum Gasteiger partial charge on any atom is 0.0645 e. The lowest BCUT2D eigenvalue weighted by Crippen LogP contribution is -2.42. The van der Waals surface area contributed by atoms with E-state index in [4.69, 9.17) is 0 Å². The van der Waals surface area contributed by atoms with Crippen LogP contribution in [-0.4, -0.2) is 18.5 Å². The molecular formula is C23H27N. The average Bonchev–Trinajstić information content (AvgIpc) is 2.89. The smallest absolute Gasteiger partial charge is 0.0645 e. The summed E-state index contributed by atoms with van der Waals surface area (Å²) >= 11 is 0. The van der Waals surface area contributed by atoms with Crippen LogP contribution in [0.4, 0.5) is 0 Å². The number of likely N-dealkylation sites (tertiary alicyclic amines) is 1. The van der Waals surface area contributed by atoms with Crippen molar-refractivity contribution in [3.63, 3.8) is 0 Å². The van der Waals surface area contributed by atoms with Gasteiger partial charge in [-0.3, -0.25) is 4.90 Å². The highest BCUT2D eigenvalue weighted by molar-refractivity contribution is 5.78. The molecule has 0 amide bonds. The van der Waals surface area contributed by atoms with E-state index in [0.29, 0.717) is 0 Å². The number of allylic oxidation sites excluding steroid dienone is 1. The summed E-state index contributed by atoms with van der Waals surface area (Å²) in [5.41, 5.74) is 7.49. The zero-order valence-corrected chi connectivity index (χ0v) is 14.9. The molecule has 1 unspecified atom stereocenters. The summed E-state index contributed by atoms with van der Waals surface area (Å²) in [5, 5.41) is 0. The molecule has 124 valence electrons. The van der Waals surface area contributed by atoms with Crippen LogP contribution in [0, 0.1) is 0 Å². The van der Waals surface area contributed by atoms with E-state index in [1.54, 1.807) is 5.56 Å². The molecule has 0 spiro atoms. The van der Waals surface area contributed by atoms with E-state index in [-0.39, 0.29) is 5.54 Å². The van der Waals surface area contributed by atoms with Gasteiger partial charge in [-0.15, -0.1) is 0 Å². The van der Waals surface area contributed by atoms with Gasteiger partial charge < -0.3 is 0 Å². The summed E-state index contributed by atoms with van der Waals surface area (Å²) < 4.78 is 0. The van der Waals surface area contributed by atoms with Crippen LogP contribution in [0.25, 0.3) is 11.1 Å². The maximum atomic E-state index is 2.60. The van der Waals surface area contributed by atoms with Gasteiger partial charge in [0.25, 0.3) is 0 Å². The number of nitrogens with zero attached hydrogens (tertiary/aromatic N) is 1. The Labute approximate surface area is 146 Å². The van der Waals surface area contributed by atoms with Gasteiger partial charge in [-0.25, -0.2) is 0 Å². The third-order valence-electron chi connectivity index (χ3n) is 5.99. The Morgan fingerprint density at radius 1 is 0.958 bits per heavy atom.